The van der Waals surface area contributed by atoms with E-state index in [1.54, 1.807) is 0 Å². The van der Waals surface area contributed by atoms with Gasteiger partial charge in [0.15, 0.2) is 0 Å². The highest BCUT2D eigenvalue weighted by Gasteiger charge is 2.31. The van der Waals surface area contributed by atoms with Gasteiger partial charge < -0.3 is 5.32 Å². The van der Waals surface area contributed by atoms with Gasteiger partial charge in [0.25, 0.3) is 0 Å². The quantitative estimate of drug-likeness (QED) is 0.836. The minimum atomic E-state index is 0.524. The topological polar surface area (TPSA) is 37.8 Å². The lowest BCUT2D eigenvalue weighted by atomic mass is 9.83. The lowest BCUT2D eigenvalue weighted by molar-refractivity contribution is 0.307. The zero-order valence-electron chi connectivity index (χ0n) is 11.0. The van der Waals surface area contributed by atoms with Gasteiger partial charge in [-0.3, -0.25) is 0 Å². The Kier molecular flexibility index (Phi) is 4.37. The summed E-state index contributed by atoms with van der Waals surface area (Å²) in [6, 6.07) is 0. The molecule has 1 aliphatic rings. The molecular formula is C13H23N3S. The van der Waals surface area contributed by atoms with Crippen LogP contribution in [0.15, 0.2) is 0 Å². The molecule has 3 nitrogen and oxygen atoms in total. The number of nitrogens with one attached hydrogen (secondary N) is 1. The fourth-order valence-electron chi connectivity index (χ4n) is 2.69. The maximum Gasteiger partial charge on any atom is 0.202 e. The Morgan fingerprint density at radius 1 is 1.29 bits per heavy atom. The van der Waals surface area contributed by atoms with Crippen molar-refractivity contribution in [3.63, 3.8) is 0 Å². The van der Waals surface area contributed by atoms with Crippen LogP contribution in [0, 0.1) is 5.41 Å². The van der Waals surface area contributed by atoms with Gasteiger partial charge in [0, 0.05) is 24.5 Å². The maximum atomic E-state index is 4.52. The second kappa shape index (κ2) is 5.80. The van der Waals surface area contributed by atoms with Gasteiger partial charge in [0.2, 0.25) is 5.13 Å². The molecule has 1 saturated carbocycles. The Balaban J connectivity index is 1.87. The summed E-state index contributed by atoms with van der Waals surface area (Å²) in [5, 5.41) is 4.51. The van der Waals surface area contributed by atoms with E-state index in [2.05, 4.69) is 28.5 Å². The second-order valence-corrected chi connectivity index (χ2v) is 5.93. The van der Waals surface area contributed by atoms with E-state index < -0.39 is 0 Å². The first kappa shape index (κ1) is 12.8. The molecule has 1 aromatic rings. The van der Waals surface area contributed by atoms with E-state index in [9.17, 15) is 0 Å². The van der Waals surface area contributed by atoms with E-state index in [4.69, 9.17) is 0 Å². The van der Waals surface area contributed by atoms with Crippen LogP contribution in [0.3, 0.4) is 0 Å². The van der Waals surface area contributed by atoms with Crippen LogP contribution in [0.25, 0.3) is 0 Å². The van der Waals surface area contributed by atoms with E-state index in [0.717, 1.165) is 30.3 Å². The highest BCUT2D eigenvalue weighted by Crippen LogP contribution is 2.40. The normalized spacial score (nSPS) is 18.5. The molecule has 1 heterocycles. The number of rotatable bonds is 6. The van der Waals surface area contributed by atoms with Crippen LogP contribution in [-0.4, -0.2) is 15.9 Å². The van der Waals surface area contributed by atoms with E-state index in [0.29, 0.717) is 5.41 Å². The number of aromatic nitrogens is 2. The Morgan fingerprint density at radius 3 is 2.71 bits per heavy atom. The molecule has 1 aliphatic carbocycles. The molecule has 0 spiro atoms. The fraction of sp³-hybridized carbons (Fsp3) is 0.846. The summed E-state index contributed by atoms with van der Waals surface area (Å²) >= 11 is 1.51. The molecule has 17 heavy (non-hydrogen) atoms. The van der Waals surface area contributed by atoms with E-state index in [-0.39, 0.29) is 0 Å². The van der Waals surface area contributed by atoms with Gasteiger partial charge in [-0.2, -0.15) is 4.37 Å². The monoisotopic (exact) mass is 253 g/mol. The number of hydrogen-bond donors (Lipinski definition) is 1. The summed E-state index contributed by atoms with van der Waals surface area (Å²) in [7, 11) is 0. The molecule has 0 bridgehead atoms. The number of aryl methyl sites for hydroxylation is 1. The molecule has 0 radical (unpaired) electrons. The highest BCUT2D eigenvalue weighted by atomic mass is 32.1. The third-order valence-corrected chi connectivity index (χ3v) is 4.68. The summed E-state index contributed by atoms with van der Waals surface area (Å²) in [6.07, 6.45) is 8.93. The van der Waals surface area contributed by atoms with Crippen LogP contribution in [0.1, 0.15) is 58.2 Å². The molecule has 96 valence electrons. The lowest BCUT2D eigenvalue weighted by Gasteiger charge is -2.27. The van der Waals surface area contributed by atoms with Crippen molar-refractivity contribution in [1.29, 1.82) is 0 Å². The second-order valence-electron chi connectivity index (χ2n) is 5.18. The van der Waals surface area contributed by atoms with Crippen molar-refractivity contribution in [2.24, 2.45) is 5.41 Å². The molecular weight excluding hydrogens is 230 g/mol. The Labute approximate surface area is 108 Å². The Bertz CT molecular complexity index is 342. The van der Waals surface area contributed by atoms with Crippen molar-refractivity contribution < 1.29 is 0 Å². The highest BCUT2D eigenvalue weighted by molar-refractivity contribution is 7.09. The van der Waals surface area contributed by atoms with Gasteiger partial charge in [0.05, 0.1) is 0 Å². The molecule has 0 aliphatic heterocycles. The van der Waals surface area contributed by atoms with Crippen molar-refractivity contribution in [2.75, 3.05) is 11.9 Å². The predicted octanol–water partition coefficient (Wildman–Crippen LogP) is 3.87. The summed E-state index contributed by atoms with van der Waals surface area (Å²) in [4.78, 5) is 4.52. The van der Waals surface area contributed by atoms with Gasteiger partial charge in [-0.05, 0) is 31.1 Å². The molecule has 4 heteroatoms. The maximum absolute atomic E-state index is 4.52. The zero-order valence-corrected chi connectivity index (χ0v) is 11.8. The van der Waals surface area contributed by atoms with Crippen LogP contribution >= 0.6 is 11.5 Å². The van der Waals surface area contributed by atoms with Crippen LogP contribution in [0.2, 0.25) is 0 Å². The molecule has 1 fully saturated rings. The molecule has 0 unspecified atom stereocenters. The molecule has 0 amide bonds. The third kappa shape index (κ3) is 3.18. The Hall–Kier alpha value is -0.640. The number of nitrogens with zero attached hydrogens (tertiary/aromatic N) is 2. The molecule has 0 aromatic carbocycles. The summed E-state index contributed by atoms with van der Waals surface area (Å²) in [5.41, 5.74) is 0.524. The van der Waals surface area contributed by atoms with Crippen molar-refractivity contribution >= 4 is 16.7 Å². The van der Waals surface area contributed by atoms with Crippen LogP contribution in [0.4, 0.5) is 5.13 Å². The largest absolute Gasteiger partial charge is 0.360 e. The lowest BCUT2D eigenvalue weighted by Crippen LogP contribution is -2.25. The van der Waals surface area contributed by atoms with Crippen molar-refractivity contribution in [1.82, 2.24) is 9.36 Å². The van der Waals surface area contributed by atoms with Crippen LogP contribution in [0.5, 0.6) is 0 Å². The standard InChI is InChI=1S/C13H23N3S/c1-3-7-11-15-12(17-16-11)14-10-13(4-2)8-5-6-9-13/h3-10H2,1-2H3,(H,14,15,16). The minimum absolute atomic E-state index is 0.524. The number of anilines is 1. The SMILES string of the molecule is CCCc1nsc(NCC2(CC)CCCC2)n1. The first-order chi connectivity index (χ1) is 8.28. The molecule has 1 N–H and O–H groups in total. The van der Waals surface area contributed by atoms with Crippen molar-refractivity contribution in [3.05, 3.63) is 5.82 Å². The zero-order chi connectivity index (χ0) is 12.1. The van der Waals surface area contributed by atoms with Crippen molar-refractivity contribution in [3.8, 4) is 0 Å². The molecule has 0 saturated heterocycles. The first-order valence-electron chi connectivity index (χ1n) is 6.84. The first-order valence-corrected chi connectivity index (χ1v) is 7.62. The van der Waals surface area contributed by atoms with Crippen LogP contribution < -0.4 is 5.32 Å². The fourth-order valence-corrected chi connectivity index (χ4v) is 3.30. The summed E-state index contributed by atoms with van der Waals surface area (Å²) < 4.78 is 4.37. The third-order valence-electron chi connectivity index (χ3n) is 3.97. The summed E-state index contributed by atoms with van der Waals surface area (Å²) in [5.74, 6) is 0.997. The smallest absolute Gasteiger partial charge is 0.202 e. The average molecular weight is 253 g/mol. The summed E-state index contributed by atoms with van der Waals surface area (Å²) in [6.45, 7) is 5.55. The Morgan fingerprint density at radius 2 is 2.06 bits per heavy atom. The molecule has 2 rings (SSSR count). The predicted molar refractivity (Wildman–Crippen MR) is 73.6 cm³/mol. The molecule has 1 aromatic heterocycles. The van der Waals surface area contributed by atoms with E-state index >= 15 is 0 Å². The van der Waals surface area contributed by atoms with Gasteiger partial charge >= 0.3 is 0 Å². The van der Waals surface area contributed by atoms with Gasteiger partial charge in [-0.1, -0.05) is 26.7 Å². The van der Waals surface area contributed by atoms with Crippen molar-refractivity contribution in [2.45, 2.75) is 58.8 Å². The van der Waals surface area contributed by atoms with E-state index in [1.807, 2.05) is 0 Å². The van der Waals surface area contributed by atoms with Gasteiger partial charge in [-0.25, -0.2) is 4.98 Å². The van der Waals surface area contributed by atoms with E-state index in [1.165, 1.54) is 43.6 Å². The van der Waals surface area contributed by atoms with Gasteiger partial charge in [0.1, 0.15) is 5.82 Å². The average Bonchev–Trinajstić information content (AvgIpc) is 2.96. The molecule has 0 atom stereocenters. The van der Waals surface area contributed by atoms with Gasteiger partial charge in [-0.15, -0.1) is 0 Å². The minimum Gasteiger partial charge on any atom is -0.360 e. The van der Waals surface area contributed by atoms with Crippen LogP contribution in [-0.2, 0) is 6.42 Å². The number of hydrogen-bond acceptors (Lipinski definition) is 4.